The number of anilines is 1. The van der Waals surface area contributed by atoms with E-state index >= 15 is 0 Å². The number of aryl methyl sites for hydroxylation is 1. The lowest BCUT2D eigenvalue weighted by atomic mass is 10.0. The van der Waals surface area contributed by atoms with Crippen molar-refractivity contribution in [2.45, 2.75) is 40.7 Å². The van der Waals surface area contributed by atoms with E-state index in [0.717, 1.165) is 46.9 Å². The van der Waals surface area contributed by atoms with Crippen LogP contribution in [0.1, 0.15) is 37.6 Å². The Kier molecular flexibility index (Phi) is 6.28. The van der Waals surface area contributed by atoms with E-state index < -0.39 is 5.82 Å². The zero-order valence-electron chi connectivity index (χ0n) is 19.0. The van der Waals surface area contributed by atoms with Gasteiger partial charge in [-0.15, -0.1) is 0 Å². The van der Waals surface area contributed by atoms with Gasteiger partial charge in [0.15, 0.2) is 0 Å². The SMILES string of the molecule is CC(=O)Nc1ccc(-c2c3c(nn2-c2c(C)cccc2OCC(C)C)CCNC3)cc1F. The summed E-state index contributed by atoms with van der Waals surface area (Å²) >= 11 is 0. The van der Waals surface area contributed by atoms with Gasteiger partial charge in [0.1, 0.15) is 17.3 Å². The molecule has 2 heterocycles. The van der Waals surface area contributed by atoms with Gasteiger partial charge < -0.3 is 15.4 Å². The van der Waals surface area contributed by atoms with Gasteiger partial charge in [0, 0.05) is 37.6 Å². The molecular weight excluding hydrogens is 407 g/mol. The fourth-order valence-corrected chi connectivity index (χ4v) is 3.99. The first-order chi connectivity index (χ1) is 15.3. The van der Waals surface area contributed by atoms with Crippen LogP contribution in [0.2, 0.25) is 0 Å². The number of amides is 1. The number of hydrogen-bond acceptors (Lipinski definition) is 4. The Labute approximate surface area is 187 Å². The van der Waals surface area contributed by atoms with Gasteiger partial charge in [-0.2, -0.15) is 5.10 Å². The number of carbonyl (C=O) groups is 1. The number of rotatable bonds is 6. The lowest BCUT2D eigenvalue weighted by Gasteiger charge is -2.18. The maximum atomic E-state index is 14.9. The van der Waals surface area contributed by atoms with Crippen molar-refractivity contribution < 1.29 is 13.9 Å². The molecule has 0 saturated carbocycles. The zero-order valence-corrected chi connectivity index (χ0v) is 19.0. The molecule has 7 heteroatoms. The van der Waals surface area contributed by atoms with Crippen molar-refractivity contribution in [1.82, 2.24) is 15.1 Å². The summed E-state index contributed by atoms with van der Waals surface area (Å²) in [6.45, 7) is 9.71. The van der Waals surface area contributed by atoms with E-state index in [1.54, 1.807) is 6.07 Å². The number of hydrogen-bond donors (Lipinski definition) is 2. The maximum Gasteiger partial charge on any atom is 0.221 e. The number of fused-ring (bicyclic) bond motifs is 1. The molecular formula is C25H29FN4O2. The number of nitrogens with zero attached hydrogens (tertiary/aromatic N) is 2. The van der Waals surface area contributed by atoms with Gasteiger partial charge in [-0.05, 0) is 36.6 Å². The van der Waals surface area contributed by atoms with E-state index in [0.29, 0.717) is 24.6 Å². The fourth-order valence-electron chi connectivity index (χ4n) is 3.99. The normalized spacial score (nSPS) is 13.2. The molecule has 1 aromatic heterocycles. The van der Waals surface area contributed by atoms with Crippen molar-refractivity contribution >= 4 is 11.6 Å². The molecule has 1 aliphatic rings. The Morgan fingerprint density at radius 2 is 2.12 bits per heavy atom. The van der Waals surface area contributed by atoms with Crippen molar-refractivity contribution in [3.8, 4) is 22.7 Å². The minimum Gasteiger partial charge on any atom is -0.491 e. The van der Waals surface area contributed by atoms with Crippen LogP contribution in [0.25, 0.3) is 16.9 Å². The molecule has 0 saturated heterocycles. The minimum atomic E-state index is -0.482. The van der Waals surface area contributed by atoms with Crippen LogP contribution in [0.5, 0.6) is 5.75 Å². The van der Waals surface area contributed by atoms with Crippen LogP contribution >= 0.6 is 0 Å². The number of para-hydroxylation sites is 1. The zero-order chi connectivity index (χ0) is 22.8. The van der Waals surface area contributed by atoms with Gasteiger partial charge in [-0.3, -0.25) is 4.79 Å². The van der Waals surface area contributed by atoms with E-state index in [9.17, 15) is 9.18 Å². The molecule has 32 heavy (non-hydrogen) atoms. The Bertz CT molecular complexity index is 1150. The van der Waals surface area contributed by atoms with Gasteiger partial charge in [0.2, 0.25) is 5.91 Å². The number of benzene rings is 2. The van der Waals surface area contributed by atoms with Gasteiger partial charge in [0.25, 0.3) is 0 Å². The van der Waals surface area contributed by atoms with E-state index in [-0.39, 0.29) is 11.6 Å². The Morgan fingerprint density at radius 1 is 1.31 bits per heavy atom. The Morgan fingerprint density at radius 3 is 2.84 bits per heavy atom. The first-order valence-electron chi connectivity index (χ1n) is 11.0. The highest BCUT2D eigenvalue weighted by Gasteiger charge is 2.25. The molecule has 2 aromatic carbocycles. The summed E-state index contributed by atoms with van der Waals surface area (Å²) in [5.74, 6) is 0.343. The quantitative estimate of drug-likeness (QED) is 0.591. The van der Waals surface area contributed by atoms with E-state index in [1.165, 1.54) is 13.0 Å². The smallest absolute Gasteiger partial charge is 0.221 e. The number of halogens is 1. The molecule has 1 amide bonds. The largest absolute Gasteiger partial charge is 0.491 e. The van der Waals surface area contributed by atoms with Crippen molar-refractivity contribution in [3.63, 3.8) is 0 Å². The summed E-state index contributed by atoms with van der Waals surface area (Å²) in [6, 6.07) is 10.8. The monoisotopic (exact) mass is 436 g/mol. The molecule has 4 rings (SSSR count). The Hall–Kier alpha value is -3.19. The molecule has 3 aromatic rings. The summed E-state index contributed by atoms with van der Waals surface area (Å²) in [7, 11) is 0. The molecule has 168 valence electrons. The highest BCUT2D eigenvalue weighted by atomic mass is 19.1. The second-order valence-electron chi connectivity index (χ2n) is 8.61. The number of nitrogens with one attached hydrogen (secondary N) is 2. The minimum absolute atomic E-state index is 0.163. The second kappa shape index (κ2) is 9.12. The molecule has 0 aliphatic carbocycles. The molecule has 0 radical (unpaired) electrons. The summed E-state index contributed by atoms with van der Waals surface area (Å²) in [5.41, 5.74) is 5.65. The molecule has 2 N–H and O–H groups in total. The van der Waals surface area contributed by atoms with Crippen LogP contribution in [0.4, 0.5) is 10.1 Å². The summed E-state index contributed by atoms with van der Waals surface area (Å²) in [5, 5.41) is 10.9. The molecule has 0 bridgehead atoms. The molecule has 0 spiro atoms. The van der Waals surface area contributed by atoms with E-state index in [1.807, 2.05) is 35.9 Å². The molecule has 0 unspecified atom stereocenters. The fraction of sp³-hybridized carbons (Fsp3) is 0.360. The summed E-state index contributed by atoms with van der Waals surface area (Å²) in [6.07, 6.45) is 0.801. The Balaban J connectivity index is 1.89. The van der Waals surface area contributed by atoms with E-state index in [4.69, 9.17) is 9.84 Å². The van der Waals surface area contributed by atoms with Gasteiger partial charge >= 0.3 is 0 Å². The summed E-state index contributed by atoms with van der Waals surface area (Å²) in [4.78, 5) is 11.4. The first-order valence-corrected chi connectivity index (χ1v) is 11.0. The van der Waals surface area contributed by atoms with Crippen molar-refractivity contribution in [2.24, 2.45) is 5.92 Å². The van der Waals surface area contributed by atoms with Crippen LogP contribution in [-0.2, 0) is 17.8 Å². The highest BCUT2D eigenvalue weighted by molar-refractivity contribution is 5.89. The number of ether oxygens (including phenoxy) is 1. The van der Waals surface area contributed by atoms with Gasteiger partial charge in [0.05, 0.1) is 23.7 Å². The van der Waals surface area contributed by atoms with E-state index in [2.05, 4.69) is 24.5 Å². The third-order valence-corrected chi connectivity index (χ3v) is 5.44. The third kappa shape index (κ3) is 4.39. The third-order valence-electron chi connectivity index (χ3n) is 5.44. The van der Waals surface area contributed by atoms with Crippen molar-refractivity contribution in [3.05, 3.63) is 59.0 Å². The van der Waals surface area contributed by atoms with Gasteiger partial charge in [-0.25, -0.2) is 9.07 Å². The predicted octanol–water partition coefficient (Wildman–Crippen LogP) is 4.63. The number of aromatic nitrogens is 2. The lowest BCUT2D eigenvalue weighted by molar-refractivity contribution is -0.114. The molecule has 0 fully saturated rings. The number of carbonyl (C=O) groups excluding carboxylic acids is 1. The van der Waals surface area contributed by atoms with Crippen LogP contribution < -0.4 is 15.4 Å². The first kappa shape index (κ1) is 22.0. The summed E-state index contributed by atoms with van der Waals surface area (Å²) < 4.78 is 22.9. The maximum absolute atomic E-state index is 14.9. The molecule has 1 aliphatic heterocycles. The van der Waals surface area contributed by atoms with Crippen LogP contribution in [0.15, 0.2) is 36.4 Å². The van der Waals surface area contributed by atoms with Gasteiger partial charge in [-0.1, -0.05) is 32.0 Å². The highest BCUT2D eigenvalue weighted by Crippen LogP contribution is 2.36. The van der Waals surface area contributed by atoms with Crippen molar-refractivity contribution in [2.75, 3.05) is 18.5 Å². The molecule has 6 nitrogen and oxygen atoms in total. The van der Waals surface area contributed by atoms with Crippen LogP contribution in [0, 0.1) is 18.7 Å². The van der Waals surface area contributed by atoms with Crippen LogP contribution in [-0.4, -0.2) is 28.8 Å². The average Bonchev–Trinajstić information content (AvgIpc) is 3.12. The topological polar surface area (TPSA) is 68.2 Å². The standard InChI is InChI=1S/C25H29FN4O2/c1-15(2)14-32-23-7-5-6-16(3)24(23)30-25(19-13-27-11-10-21(19)29-30)18-8-9-22(20(26)12-18)28-17(4)31/h5-9,12,15,27H,10-11,13-14H2,1-4H3,(H,28,31). The average molecular weight is 437 g/mol. The van der Waals surface area contributed by atoms with Crippen molar-refractivity contribution in [1.29, 1.82) is 0 Å². The van der Waals surface area contributed by atoms with Crippen LogP contribution in [0.3, 0.4) is 0 Å². The lowest BCUT2D eigenvalue weighted by Crippen LogP contribution is -2.23. The molecule has 0 atom stereocenters. The predicted molar refractivity (Wildman–Crippen MR) is 124 cm³/mol. The second-order valence-corrected chi connectivity index (χ2v) is 8.61.